The number of amides is 2. The van der Waals surface area contributed by atoms with Crippen LogP contribution in [0.1, 0.15) is 26.2 Å². The molecule has 0 spiro atoms. The summed E-state index contributed by atoms with van der Waals surface area (Å²) in [5.41, 5.74) is 1.74. The molecule has 0 radical (unpaired) electrons. The second-order valence-corrected chi connectivity index (χ2v) is 6.82. The number of anilines is 2. The monoisotopic (exact) mass is 304 g/mol. The van der Waals surface area contributed by atoms with Crippen LogP contribution < -0.4 is 9.80 Å². The molecule has 0 aromatic heterocycles. The van der Waals surface area contributed by atoms with Gasteiger partial charge in [0.2, 0.25) is 11.8 Å². The number of rotatable bonds is 1. The number of carbonyl (C=O) groups excluding carboxylic acids is 2. The maximum atomic E-state index is 12.8. The van der Waals surface area contributed by atoms with E-state index in [9.17, 15) is 9.59 Å². The molecule has 3 rings (SSSR count). The Kier molecular flexibility index (Phi) is 4.19. The molecule has 5 heteroatoms. The zero-order valence-corrected chi connectivity index (χ0v) is 13.1. The Morgan fingerprint density at radius 3 is 2.38 bits per heavy atom. The Balaban J connectivity index is 1.95. The van der Waals surface area contributed by atoms with Crippen molar-refractivity contribution in [3.05, 3.63) is 24.3 Å². The van der Waals surface area contributed by atoms with Crippen LogP contribution in [0, 0.1) is 0 Å². The van der Waals surface area contributed by atoms with E-state index in [0.717, 1.165) is 36.4 Å². The van der Waals surface area contributed by atoms with Crippen molar-refractivity contribution in [3.8, 4) is 0 Å². The van der Waals surface area contributed by atoms with Crippen molar-refractivity contribution in [1.82, 2.24) is 0 Å². The third-order valence-corrected chi connectivity index (χ3v) is 5.44. The van der Waals surface area contributed by atoms with Gasteiger partial charge in [0.25, 0.3) is 0 Å². The largest absolute Gasteiger partial charge is 0.311 e. The third kappa shape index (κ3) is 2.79. The molecule has 1 atom stereocenters. The summed E-state index contributed by atoms with van der Waals surface area (Å²) in [6.45, 7) is 2.95. The smallest absolute Gasteiger partial charge is 0.240 e. The highest BCUT2D eigenvalue weighted by Gasteiger charge is 2.32. The number of hydrogen-bond acceptors (Lipinski definition) is 3. The van der Waals surface area contributed by atoms with Gasteiger partial charge in [-0.2, -0.15) is 0 Å². The van der Waals surface area contributed by atoms with Crippen molar-refractivity contribution in [3.63, 3.8) is 0 Å². The Morgan fingerprint density at radius 1 is 1.10 bits per heavy atom. The number of thioether (sulfide) groups is 1. The van der Waals surface area contributed by atoms with E-state index in [1.54, 1.807) is 23.6 Å². The lowest BCUT2D eigenvalue weighted by atomic mass is 10.2. The first-order chi connectivity index (χ1) is 10.2. The first-order valence-electron chi connectivity index (χ1n) is 7.48. The summed E-state index contributed by atoms with van der Waals surface area (Å²) in [5, 5.41) is 0.0851. The Labute approximate surface area is 129 Å². The minimum atomic E-state index is 0.0343. The first-order valence-corrected chi connectivity index (χ1v) is 8.53. The molecule has 0 N–H and O–H groups in total. The number of para-hydroxylation sites is 2. The zero-order valence-electron chi connectivity index (χ0n) is 12.2. The fourth-order valence-electron chi connectivity index (χ4n) is 3.05. The molecule has 4 nitrogen and oxygen atoms in total. The van der Waals surface area contributed by atoms with Crippen molar-refractivity contribution in [2.45, 2.75) is 31.4 Å². The van der Waals surface area contributed by atoms with Gasteiger partial charge in [-0.25, -0.2) is 0 Å². The van der Waals surface area contributed by atoms with Crippen LogP contribution in [0.15, 0.2) is 24.3 Å². The van der Waals surface area contributed by atoms with Crippen LogP contribution in [-0.2, 0) is 9.59 Å². The van der Waals surface area contributed by atoms with Crippen LogP contribution >= 0.6 is 11.8 Å². The minimum absolute atomic E-state index is 0.0343. The molecule has 1 fully saturated rings. The molecular formula is C16H20N2O2S. The lowest BCUT2D eigenvalue weighted by Crippen LogP contribution is -2.37. The van der Waals surface area contributed by atoms with Crippen LogP contribution in [0.2, 0.25) is 0 Å². The predicted molar refractivity (Wildman–Crippen MR) is 86.9 cm³/mol. The van der Waals surface area contributed by atoms with E-state index in [-0.39, 0.29) is 17.1 Å². The molecule has 2 amide bonds. The fraction of sp³-hybridized carbons (Fsp3) is 0.500. The van der Waals surface area contributed by atoms with E-state index in [1.165, 1.54) is 0 Å². The zero-order chi connectivity index (χ0) is 14.8. The number of hydrogen-bond donors (Lipinski definition) is 0. The predicted octanol–water partition coefficient (Wildman–Crippen LogP) is 2.67. The average Bonchev–Trinajstić information content (AvgIpc) is 2.94. The van der Waals surface area contributed by atoms with Crippen LogP contribution in [0.3, 0.4) is 0 Å². The van der Waals surface area contributed by atoms with Crippen molar-refractivity contribution in [1.29, 1.82) is 0 Å². The lowest BCUT2D eigenvalue weighted by Gasteiger charge is -2.26. The van der Waals surface area contributed by atoms with E-state index in [1.807, 2.05) is 29.2 Å². The molecule has 2 aliphatic heterocycles. The van der Waals surface area contributed by atoms with Gasteiger partial charge in [0.1, 0.15) is 0 Å². The van der Waals surface area contributed by atoms with Gasteiger partial charge in [0, 0.05) is 20.0 Å². The number of carbonyl (C=O) groups is 2. The molecule has 1 aromatic carbocycles. The van der Waals surface area contributed by atoms with Crippen molar-refractivity contribution < 1.29 is 9.59 Å². The summed E-state index contributed by atoms with van der Waals surface area (Å²) in [7, 11) is 0. The number of fused-ring (bicyclic) bond motifs is 1. The van der Waals surface area contributed by atoms with Crippen molar-refractivity contribution in [2.75, 3.05) is 28.6 Å². The van der Waals surface area contributed by atoms with Gasteiger partial charge < -0.3 is 9.80 Å². The van der Waals surface area contributed by atoms with E-state index < -0.39 is 0 Å². The highest BCUT2D eigenvalue weighted by molar-refractivity contribution is 8.00. The Morgan fingerprint density at radius 2 is 1.76 bits per heavy atom. The second-order valence-electron chi connectivity index (χ2n) is 5.50. The molecule has 2 heterocycles. The average molecular weight is 304 g/mol. The fourth-order valence-corrected chi connectivity index (χ4v) is 4.27. The topological polar surface area (TPSA) is 40.6 Å². The van der Waals surface area contributed by atoms with Gasteiger partial charge in [-0.15, -0.1) is 11.8 Å². The minimum Gasteiger partial charge on any atom is -0.311 e. The molecular weight excluding hydrogens is 284 g/mol. The van der Waals surface area contributed by atoms with Gasteiger partial charge in [-0.1, -0.05) is 12.1 Å². The summed E-state index contributed by atoms with van der Waals surface area (Å²) in [5.74, 6) is 1.31. The molecule has 2 aliphatic rings. The maximum Gasteiger partial charge on any atom is 0.240 e. The lowest BCUT2D eigenvalue weighted by molar-refractivity contribution is -0.118. The standard InChI is InChI=1S/C16H20N2O2S/c1-12(19)17-9-5-10-18(14-7-3-2-6-13(14)17)16(20)15-8-4-11-21-15/h2-3,6-7,15H,4-5,8-11H2,1H3/t15-/m1/s1. The quantitative estimate of drug-likeness (QED) is 0.801. The van der Waals surface area contributed by atoms with Crippen LogP contribution in [0.25, 0.3) is 0 Å². The molecule has 112 valence electrons. The van der Waals surface area contributed by atoms with E-state index in [4.69, 9.17) is 0 Å². The van der Waals surface area contributed by atoms with Gasteiger partial charge in [0.15, 0.2) is 0 Å². The second kappa shape index (κ2) is 6.10. The van der Waals surface area contributed by atoms with Crippen LogP contribution in [-0.4, -0.2) is 35.9 Å². The number of benzene rings is 1. The molecule has 0 aliphatic carbocycles. The van der Waals surface area contributed by atoms with Gasteiger partial charge in [0.05, 0.1) is 16.6 Å². The first kappa shape index (κ1) is 14.4. The molecule has 0 bridgehead atoms. The highest BCUT2D eigenvalue weighted by atomic mass is 32.2. The molecule has 1 aromatic rings. The summed E-state index contributed by atoms with van der Waals surface area (Å²) in [4.78, 5) is 28.3. The van der Waals surface area contributed by atoms with Crippen LogP contribution in [0.4, 0.5) is 11.4 Å². The van der Waals surface area contributed by atoms with E-state index >= 15 is 0 Å². The summed E-state index contributed by atoms with van der Waals surface area (Å²) in [6.07, 6.45) is 2.91. The highest BCUT2D eigenvalue weighted by Crippen LogP contribution is 2.35. The molecule has 1 saturated heterocycles. The molecule has 0 saturated carbocycles. The third-order valence-electron chi connectivity index (χ3n) is 4.08. The van der Waals surface area contributed by atoms with Crippen molar-refractivity contribution >= 4 is 35.0 Å². The van der Waals surface area contributed by atoms with E-state index in [2.05, 4.69) is 0 Å². The Bertz CT molecular complexity index is 555. The van der Waals surface area contributed by atoms with Crippen molar-refractivity contribution in [2.24, 2.45) is 0 Å². The Hall–Kier alpha value is -1.49. The maximum absolute atomic E-state index is 12.8. The van der Waals surface area contributed by atoms with Gasteiger partial charge in [-0.05, 0) is 37.1 Å². The summed E-state index contributed by atoms with van der Waals surface area (Å²) >= 11 is 1.76. The summed E-state index contributed by atoms with van der Waals surface area (Å²) < 4.78 is 0. The summed E-state index contributed by atoms with van der Waals surface area (Å²) in [6, 6.07) is 7.75. The number of nitrogens with zero attached hydrogens (tertiary/aromatic N) is 2. The van der Waals surface area contributed by atoms with Crippen LogP contribution in [0.5, 0.6) is 0 Å². The molecule has 21 heavy (non-hydrogen) atoms. The SMILES string of the molecule is CC(=O)N1CCCN(C(=O)[C@H]2CCCS2)c2ccccc21. The van der Waals surface area contributed by atoms with Gasteiger partial charge in [-0.3, -0.25) is 9.59 Å². The normalized spacial score (nSPS) is 21.9. The molecule has 0 unspecified atom stereocenters. The van der Waals surface area contributed by atoms with Gasteiger partial charge >= 0.3 is 0 Å². The van der Waals surface area contributed by atoms with E-state index in [0.29, 0.717) is 13.1 Å².